The van der Waals surface area contributed by atoms with Crippen molar-refractivity contribution < 1.29 is 0 Å². The molecule has 0 bridgehead atoms. The van der Waals surface area contributed by atoms with Crippen molar-refractivity contribution in [3.63, 3.8) is 0 Å². The number of H-pyrrole nitrogens is 1. The van der Waals surface area contributed by atoms with Crippen LogP contribution in [0.4, 0.5) is 5.69 Å². The first-order chi connectivity index (χ1) is 6.24. The SMILES string of the molecule is CCc1cc(C)c2cn[nH]c2c1N. The van der Waals surface area contributed by atoms with Gasteiger partial charge in [-0.25, -0.2) is 0 Å². The number of nitrogens with zero attached hydrogens (tertiary/aromatic N) is 1. The van der Waals surface area contributed by atoms with Crippen LogP contribution in [0.1, 0.15) is 18.1 Å². The highest BCUT2D eigenvalue weighted by molar-refractivity contribution is 5.93. The molecule has 0 fully saturated rings. The summed E-state index contributed by atoms with van der Waals surface area (Å²) in [6.07, 6.45) is 2.78. The van der Waals surface area contributed by atoms with E-state index in [1.165, 1.54) is 11.1 Å². The Kier molecular flexibility index (Phi) is 1.72. The summed E-state index contributed by atoms with van der Waals surface area (Å²) >= 11 is 0. The molecule has 0 unspecified atom stereocenters. The second kappa shape index (κ2) is 2.76. The summed E-state index contributed by atoms with van der Waals surface area (Å²) in [6, 6.07) is 2.13. The van der Waals surface area contributed by atoms with Crippen LogP contribution in [-0.4, -0.2) is 10.2 Å². The standard InChI is InChI=1S/C10H13N3/c1-3-7-4-6(2)8-5-12-13-10(8)9(7)11/h4-5H,3,11H2,1-2H3,(H,12,13). The minimum absolute atomic E-state index is 0.834. The predicted molar refractivity (Wildman–Crippen MR) is 54.6 cm³/mol. The summed E-state index contributed by atoms with van der Waals surface area (Å²) in [7, 11) is 0. The van der Waals surface area contributed by atoms with Gasteiger partial charge in [-0.3, -0.25) is 5.10 Å². The zero-order valence-electron chi connectivity index (χ0n) is 7.89. The molecule has 0 saturated heterocycles. The summed E-state index contributed by atoms with van der Waals surface area (Å²) < 4.78 is 0. The van der Waals surface area contributed by atoms with Crippen LogP contribution in [0.5, 0.6) is 0 Å². The van der Waals surface area contributed by atoms with E-state index < -0.39 is 0 Å². The van der Waals surface area contributed by atoms with E-state index in [1.54, 1.807) is 0 Å². The largest absolute Gasteiger partial charge is 0.397 e. The number of hydrogen-bond acceptors (Lipinski definition) is 2. The van der Waals surface area contributed by atoms with Gasteiger partial charge in [-0.05, 0) is 24.5 Å². The number of nitrogens with one attached hydrogen (secondary N) is 1. The zero-order valence-corrected chi connectivity index (χ0v) is 7.89. The van der Waals surface area contributed by atoms with E-state index >= 15 is 0 Å². The van der Waals surface area contributed by atoms with Gasteiger partial charge in [-0.1, -0.05) is 13.0 Å². The predicted octanol–water partition coefficient (Wildman–Crippen LogP) is 2.02. The van der Waals surface area contributed by atoms with Crippen LogP contribution < -0.4 is 5.73 Å². The Labute approximate surface area is 76.9 Å². The van der Waals surface area contributed by atoms with Crippen LogP contribution in [0.15, 0.2) is 12.3 Å². The second-order valence-electron chi connectivity index (χ2n) is 3.28. The Bertz CT molecular complexity index is 443. The third-order valence-electron chi connectivity index (χ3n) is 2.45. The summed E-state index contributed by atoms with van der Waals surface area (Å²) in [5, 5.41) is 8.04. The molecule has 0 amide bonds. The van der Waals surface area contributed by atoms with E-state index in [4.69, 9.17) is 5.73 Å². The molecule has 3 N–H and O–H groups in total. The quantitative estimate of drug-likeness (QED) is 0.651. The van der Waals surface area contributed by atoms with Crippen molar-refractivity contribution in [3.05, 3.63) is 23.4 Å². The highest BCUT2D eigenvalue weighted by Crippen LogP contribution is 2.26. The maximum Gasteiger partial charge on any atom is 0.0885 e. The fourth-order valence-electron chi connectivity index (χ4n) is 1.66. The summed E-state index contributed by atoms with van der Waals surface area (Å²) in [5.41, 5.74) is 10.2. The number of aromatic nitrogens is 2. The molecular formula is C10H13N3. The summed E-state index contributed by atoms with van der Waals surface area (Å²) in [4.78, 5) is 0. The van der Waals surface area contributed by atoms with Gasteiger partial charge in [0.05, 0.1) is 17.4 Å². The normalized spacial score (nSPS) is 10.9. The molecule has 3 nitrogen and oxygen atoms in total. The molecule has 0 atom stereocenters. The number of anilines is 1. The highest BCUT2D eigenvalue weighted by Gasteiger charge is 2.07. The van der Waals surface area contributed by atoms with Gasteiger partial charge >= 0.3 is 0 Å². The van der Waals surface area contributed by atoms with Gasteiger partial charge in [0.25, 0.3) is 0 Å². The molecule has 13 heavy (non-hydrogen) atoms. The minimum Gasteiger partial charge on any atom is -0.397 e. The van der Waals surface area contributed by atoms with E-state index in [1.807, 2.05) is 6.20 Å². The number of rotatable bonds is 1. The average Bonchev–Trinajstić information content (AvgIpc) is 2.60. The van der Waals surface area contributed by atoms with Crippen LogP contribution in [0.3, 0.4) is 0 Å². The number of aryl methyl sites for hydroxylation is 2. The molecule has 0 spiro atoms. The Hall–Kier alpha value is -1.51. The fraction of sp³-hybridized carbons (Fsp3) is 0.300. The van der Waals surface area contributed by atoms with Gasteiger partial charge in [0.1, 0.15) is 0 Å². The van der Waals surface area contributed by atoms with Crippen molar-refractivity contribution in [2.75, 3.05) is 5.73 Å². The molecule has 0 aliphatic carbocycles. The molecule has 0 saturated carbocycles. The summed E-state index contributed by atoms with van der Waals surface area (Å²) in [6.45, 7) is 4.18. The Morgan fingerprint density at radius 2 is 2.31 bits per heavy atom. The van der Waals surface area contributed by atoms with Crippen molar-refractivity contribution in [2.24, 2.45) is 0 Å². The van der Waals surface area contributed by atoms with E-state index in [0.29, 0.717) is 0 Å². The van der Waals surface area contributed by atoms with E-state index in [2.05, 4.69) is 30.1 Å². The van der Waals surface area contributed by atoms with E-state index in [-0.39, 0.29) is 0 Å². The molecular weight excluding hydrogens is 162 g/mol. The number of benzene rings is 1. The van der Waals surface area contributed by atoms with Gasteiger partial charge in [0.15, 0.2) is 0 Å². The Morgan fingerprint density at radius 1 is 1.54 bits per heavy atom. The average molecular weight is 175 g/mol. The van der Waals surface area contributed by atoms with Crippen molar-refractivity contribution in [2.45, 2.75) is 20.3 Å². The third kappa shape index (κ3) is 1.08. The minimum atomic E-state index is 0.834. The lowest BCUT2D eigenvalue weighted by Gasteiger charge is -2.05. The van der Waals surface area contributed by atoms with Gasteiger partial charge in [-0.2, -0.15) is 5.10 Å². The fourth-order valence-corrected chi connectivity index (χ4v) is 1.66. The second-order valence-corrected chi connectivity index (χ2v) is 3.28. The molecule has 0 radical (unpaired) electrons. The first-order valence-electron chi connectivity index (χ1n) is 4.45. The molecule has 1 aromatic carbocycles. The lowest BCUT2D eigenvalue weighted by atomic mass is 10.0. The van der Waals surface area contributed by atoms with Crippen LogP contribution in [0.25, 0.3) is 10.9 Å². The van der Waals surface area contributed by atoms with Gasteiger partial charge in [-0.15, -0.1) is 0 Å². The topological polar surface area (TPSA) is 54.7 Å². The Balaban J connectivity index is 2.85. The maximum absolute atomic E-state index is 5.97. The molecule has 1 aromatic heterocycles. The monoisotopic (exact) mass is 175 g/mol. The molecule has 68 valence electrons. The summed E-state index contributed by atoms with van der Waals surface area (Å²) in [5.74, 6) is 0. The number of nitrogens with two attached hydrogens (primary N) is 1. The number of hydrogen-bond donors (Lipinski definition) is 2. The van der Waals surface area contributed by atoms with Crippen molar-refractivity contribution in [3.8, 4) is 0 Å². The van der Waals surface area contributed by atoms with E-state index in [0.717, 1.165) is 23.0 Å². The van der Waals surface area contributed by atoms with Gasteiger partial charge in [0.2, 0.25) is 0 Å². The lowest BCUT2D eigenvalue weighted by molar-refractivity contribution is 1.11. The molecule has 3 heteroatoms. The number of nitrogen functional groups attached to an aromatic ring is 1. The van der Waals surface area contributed by atoms with Crippen molar-refractivity contribution in [1.29, 1.82) is 0 Å². The van der Waals surface area contributed by atoms with E-state index in [9.17, 15) is 0 Å². The van der Waals surface area contributed by atoms with Crippen LogP contribution in [0.2, 0.25) is 0 Å². The highest BCUT2D eigenvalue weighted by atomic mass is 15.1. The molecule has 2 rings (SSSR count). The molecule has 0 aliphatic rings. The smallest absolute Gasteiger partial charge is 0.0885 e. The van der Waals surface area contributed by atoms with Crippen molar-refractivity contribution in [1.82, 2.24) is 10.2 Å². The van der Waals surface area contributed by atoms with Crippen LogP contribution in [0, 0.1) is 6.92 Å². The molecule has 2 aromatic rings. The van der Waals surface area contributed by atoms with Crippen molar-refractivity contribution >= 4 is 16.6 Å². The van der Waals surface area contributed by atoms with Crippen LogP contribution >= 0.6 is 0 Å². The first kappa shape index (κ1) is 8.10. The number of fused-ring (bicyclic) bond motifs is 1. The maximum atomic E-state index is 5.97. The first-order valence-corrected chi connectivity index (χ1v) is 4.45. The lowest BCUT2D eigenvalue weighted by Crippen LogP contribution is -1.95. The van der Waals surface area contributed by atoms with Crippen LogP contribution in [-0.2, 0) is 6.42 Å². The molecule has 0 aliphatic heterocycles. The number of aromatic amines is 1. The third-order valence-corrected chi connectivity index (χ3v) is 2.45. The zero-order chi connectivity index (χ0) is 9.42. The Morgan fingerprint density at radius 3 is 3.00 bits per heavy atom. The molecule has 1 heterocycles. The van der Waals surface area contributed by atoms with Gasteiger partial charge < -0.3 is 5.73 Å². The van der Waals surface area contributed by atoms with Gasteiger partial charge in [0, 0.05) is 5.39 Å².